The molecular weight excluding hydrogens is 144 g/mol. The van der Waals surface area contributed by atoms with E-state index in [-0.39, 0.29) is 0 Å². The summed E-state index contributed by atoms with van der Waals surface area (Å²) in [5.74, 6) is -1.24. The molecule has 0 saturated heterocycles. The highest BCUT2D eigenvalue weighted by molar-refractivity contribution is 5.91. The molecule has 11 heavy (non-hydrogen) atoms. The molecule has 0 amide bonds. The third-order valence-electron chi connectivity index (χ3n) is 0.780. The first-order chi connectivity index (χ1) is 5.16. The van der Waals surface area contributed by atoms with E-state index in [9.17, 15) is 9.59 Å². The quantitative estimate of drug-likeness (QED) is 0.260. The second-order valence-electron chi connectivity index (χ2n) is 1.80. The highest BCUT2D eigenvalue weighted by atomic mass is 16.6. The number of carbonyl (C=O) groups is 2. The Kier molecular flexibility index (Phi) is 4.73. The first kappa shape index (κ1) is 9.62. The maximum atomic E-state index is 10.6. The van der Waals surface area contributed by atoms with Crippen LogP contribution in [0.5, 0.6) is 0 Å². The smallest absolute Gasteiger partial charge is 0.338 e. The van der Waals surface area contributed by atoms with E-state index < -0.39 is 11.9 Å². The molecule has 0 atom stereocenters. The fourth-order valence-electron chi connectivity index (χ4n) is 0.421. The molecule has 0 aromatic heterocycles. The summed E-state index contributed by atoms with van der Waals surface area (Å²) in [4.78, 5) is 20.8. The minimum atomic E-state index is -0.643. The van der Waals surface area contributed by atoms with Gasteiger partial charge in [0.05, 0.1) is 0 Å². The van der Waals surface area contributed by atoms with Crippen molar-refractivity contribution in [1.82, 2.24) is 0 Å². The van der Waals surface area contributed by atoms with Crippen molar-refractivity contribution in [3.63, 3.8) is 0 Å². The van der Waals surface area contributed by atoms with Crippen LogP contribution in [0.2, 0.25) is 0 Å². The topological polar surface area (TPSA) is 43.4 Å². The number of allylic oxidation sites excluding steroid dienone is 3. The van der Waals surface area contributed by atoms with Gasteiger partial charge in [0.25, 0.3) is 0 Å². The van der Waals surface area contributed by atoms with E-state index in [0.717, 1.165) is 0 Å². The number of ether oxygens (including phenoxy) is 1. The van der Waals surface area contributed by atoms with Gasteiger partial charge in [-0.15, -0.1) is 0 Å². The minimum Gasteiger partial charge on any atom is -0.390 e. The lowest BCUT2D eigenvalue weighted by Crippen LogP contribution is -2.04. The van der Waals surface area contributed by atoms with Gasteiger partial charge in [0, 0.05) is 13.0 Å². The van der Waals surface area contributed by atoms with E-state index in [1.54, 1.807) is 12.2 Å². The molecule has 0 aliphatic heterocycles. The van der Waals surface area contributed by atoms with Gasteiger partial charge in [0.15, 0.2) is 0 Å². The van der Waals surface area contributed by atoms with E-state index in [2.05, 4.69) is 4.74 Å². The molecule has 0 aromatic rings. The van der Waals surface area contributed by atoms with Crippen molar-refractivity contribution in [2.75, 3.05) is 0 Å². The monoisotopic (exact) mass is 154 g/mol. The van der Waals surface area contributed by atoms with Crippen LogP contribution in [0.15, 0.2) is 24.3 Å². The van der Waals surface area contributed by atoms with Gasteiger partial charge in [-0.3, -0.25) is 4.79 Å². The lowest BCUT2D eigenvalue weighted by Gasteiger charge is -1.90. The largest absolute Gasteiger partial charge is 0.390 e. The molecular formula is C8H10O3. The van der Waals surface area contributed by atoms with Crippen molar-refractivity contribution < 1.29 is 14.3 Å². The summed E-state index contributed by atoms with van der Waals surface area (Å²) in [6.45, 7) is 3.00. The first-order valence-electron chi connectivity index (χ1n) is 3.18. The Morgan fingerprint density at radius 2 is 1.91 bits per heavy atom. The number of hydrogen-bond acceptors (Lipinski definition) is 3. The Hall–Kier alpha value is -1.38. The Labute approximate surface area is 65.4 Å². The molecule has 3 nitrogen and oxygen atoms in total. The first-order valence-corrected chi connectivity index (χ1v) is 3.18. The van der Waals surface area contributed by atoms with Gasteiger partial charge in [-0.1, -0.05) is 18.2 Å². The summed E-state index contributed by atoms with van der Waals surface area (Å²) in [6.07, 6.45) is 6.12. The lowest BCUT2D eigenvalue weighted by atomic mass is 10.4. The highest BCUT2D eigenvalue weighted by Gasteiger charge is 1.98. The maximum absolute atomic E-state index is 10.6. The lowest BCUT2D eigenvalue weighted by molar-refractivity contribution is -0.154. The minimum absolute atomic E-state index is 0.597. The molecule has 0 N–H and O–H groups in total. The van der Waals surface area contributed by atoms with E-state index in [0.29, 0.717) is 0 Å². The molecule has 0 heterocycles. The average Bonchev–Trinajstić information content (AvgIpc) is 1.86. The van der Waals surface area contributed by atoms with Crippen molar-refractivity contribution in [3.8, 4) is 0 Å². The Bertz CT molecular complexity index is 201. The molecule has 60 valence electrons. The SMILES string of the molecule is C/C=C/C=C/C(=O)OC(C)=O. The standard InChI is InChI=1S/C8H10O3/c1-3-4-5-6-8(10)11-7(2)9/h3-6H,1-2H3/b4-3+,6-5+. The highest BCUT2D eigenvalue weighted by Crippen LogP contribution is 1.83. The Morgan fingerprint density at radius 3 is 2.36 bits per heavy atom. The zero-order chi connectivity index (χ0) is 8.69. The van der Waals surface area contributed by atoms with E-state index >= 15 is 0 Å². The molecule has 0 aliphatic rings. The third-order valence-corrected chi connectivity index (χ3v) is 0.780. The zero-order valence-electron chi connectivity index (χ0n) is 6.53. The van der Waals surface area contributed by atoms with Gasteiger partial charge in [-0.05, 0) is 6.92 Å². The van der Waals surface area contributed by atoms with Gasteiger partial charge in [-0.2, -0.15) is 0 Å². The van der Waals surface area contributed by atoms with Crippen molar-refractivity contribution in [1.29, 1.82) is 0 Å². The van der Waals surface area contributed by atoms with Crippen LogP contribution in [0.4, 0.5) is 0 Å². The molecule has 0 fully saturated rings. The van der Waals surface area contributed by atoms with Crippen LogP contribution in [0.1, 0.15) is 13.8 Å². The van der Waals surface area contributed by atoms with Gasteiger partial charge < -0.3 is 4.74 Å². The predicted molar refractivity (Wildman–Crippen MR) is 40.7 cm³/mol. The fourth-order valence-corrected chi connectivity index (χ4v) is 0.421. The van der Waals surface area contributed by atoms with Gasteiger partial charge in [0.2, 0.25) is 0 Å². The number of esters is 2. The Balaban J connectivity index is 3.78. The van der Waals surface area contributed by atoms with E-state index in [1.165, 1.54) is 19.1 Å². The molecule has 0 rings (SSSR count). The van der Waals surface area contributed by atoms with Crippen LogP contribution < -0.4 is 0 Å². The van der Waals surface area contributed by atoms with Crippen LogP contribution in [-0.4, -0.2) is 11.9 Å². The number of hydrogen-bond donors (Lipinski definition) is 0. The van der Waals surface area contributed by atoms with Gasteiger partial charge in [-0.25, -0.2) is 4.79 Å². The number of carbonyl (C=O) groups excluding carboxylic acids is 2. The van der Waals surface area contributed by atoms with Crippen molar-refractivity contribution in [2.45, 2.75) is 13.8 Å². The molecule has 0 spiro atoms. The summed E-state index contributed by atoms with van der Waals surface area (Å²) in [6, 6.07) is 0. The second kappa shape index (κ2) is 5.41. The molecule has 0 bridgehead atoms. The normalized spacial score (nSPS) is 10.7. The van der Waals surface area contributed by atoms with E-state index in [1.807, 2.05) is 6.92 Å². The van der Waals surface area contributed by atoms with Crippen molar-refractivity contribution in [3.05, 3.63) is 24.3 Å². The molecule has 0 aromatic carbocycles. The van der Waals surface area contributed by atoms with Crippen LogP contribution >= 0.6 is 0 Å². The second-order valence-corrected chi connectivity index (χ2v) is 1.80. The van der Waals surface area contributed by atoms with Gasteiger partial charge in [0.1, 0.15) is 0 Å². The Morgan fingerprint density at radius 1 is 1.27 bits per heavy atom. The molecule has 0 radical (unpaired) electrons. The van der Waals surface area contributed by atoms with Crippen LogP contribution in [-0.2, 0) is 14.3 Å². The van der Waals surface area contributed by atoms with Crippen LogP contribution in [0.25, 0.3) is 0 Å². The summed E-state index contributed by atoms with van der Waals surface area (Å²) in [5.41, 5.74) is 0. The number of rotatable bonds is 2. The molecule has 0 saturated carbocycles. The summed E-state index contributed by atoms with van der Waals surface area (Å²) in [5, 5.41) is 0. The van der Waals surface area contributed by atoms with Crippen LogP contribution in [0.3, 0.4) is 0 Å². The summed E-state index contributed by atoms with van der Waals surface area (Å²) in [7, 11) is 0. The summed E-state index contributed by atoms with van der Waals surface area (Å²) < 4.78 is 4.20. The average molecular weight is 154 g/mol. The predicted octanol–water partition coefficient (Wildman–Crippen LogP) is 1.21. The van der Waals surface area contributed by atoms with E-state index in [4.69, 9.17) is 0 Å². The molecule has 3 heteroatoms. The molecule has 0 aliphatic carbocycles. The summed E-state index contributed by atoms with van der Waals surface area (Å²) >= 11 is 0. The van der Waals surface area contributed by atoms with Crippen LogP contribution in [0, 0.1) is 0 Å². The fraction of sp³-hybridized carbons (Fsp3) is 0.250. The maximum Gasteiger partial charge on any atom is 0.338 e. The van der Waals surface area contributed by atoms with Crippen molar-refractivity contribution in [2.24, 2.45) is 0 Å². The molecule has 0 unspecified atom stereocenters. The third kappa shape index (κ3) is 6.51. The van der Waals surface area contributed by atoms with Gasteiger partial charge >= 0.3 is 11.9 Å². The van der Waals surface area contributed by atoms with Crippen molar-refractivity contribution >= 4 is 11.9 Å². The zero-order valence-corrected chi connectivity index (χ0v) is 6.53.